The van der Waals surface area contributed by atoms with Crippen molar-refractivity contribution in [2.45, 2.75) is 44.2 Å². The van der Waals surface area contributed by atoms with Gasteiger partial charge in [0.1, 0.15) is 0 Å². The zero-order chi connectivity index (χ0) is 14.4. The SMILES string of the molecule is NC(CCN(CCCO)C1CCC1)c1ccc(Br)cc1. The Labute approximate surface area is 130 Å². The summed E-state index contributed by atoms with van der Waals surface area (Å²) in [5.41, 5.74) is 7.49. The van der Waals surface area contributed by atoms with Crippen LogP contribution < -0.4 is 5.73 Å². The van der Waals surface area contributed by atoms with Crippen LogP contribution in [0.1, 0.15) is 43.7 Å². The van der Waals surface area contributed by atoms with Gasteiger partial charge in [-0.05, 0) is 43.4 Å². The number of hydrogen-bond donors (Lipinski definition) is 2. The summed E-state index contributed by atoms with van der Waals surface area (Å²) in [5.74, 6) is 0. The second-order valence-electron chi connectivity index (χ2n) is 5.64. The number of hydrogen-bond acceptors (Lipinski definition) is 3. The van der Waals surface area contributed by atoms with Gasteiger partial charge < -0.3 is 15.7 Å². The number of nitrogens with two attached hydrogens (primary N) is 1. The van der Waals surface area contributed by atoms with Gasteiger partial charge in [0.2, 0.25) is 0 Å². The van der Waals surface area contributed by atoms with Crippen LogP contribution in [0.5, 0.6) is 0 Å². The molecule has 0 radical (unpaired) electrons. The largest absolute Gasteiger partial charge is 0.396 e. The third kappa shape index (κ3) is 4.55. The van der Waals surface area contributed by atoms with Crippen LogP contribution in [0.15, 0.2) is 28.7 Å². The van der Waals surface area contributed by atoms with Crippen molar-refractivity contribution in [1.29, 1.82) is 0 Å². The molecule has 2 rings (SSSR count). The van der Waals surface area contributed by atoms with E-state index in [9.17, 15) is 0 Å². The fourth-order valence-electron chi connectivity index (χ4n) is 2.68. The number of nitrogens with zero attached hydrogens (tertiary/aromatic N) is 1. The molecule has 1 unspecified atom stereocenters. The number of halogens is 1. The first-order chi connectivity index (χ1) is 9.70. The highest BCUT2D eigenvalue weighted by Crippen LogP contribution is 2.26. The molecular weight excluding hydrogens is 316 g/mol. The van der Waals surface area contributed by atoms with E-state index in [-0.39, 0.29) is 12.6 Å². The molecule has 0 heterocycles. The third-order valence-corrected chi connectivity index (χ3v) is 4.75. The summed E-state index contributed by atoms with van der Waals surface area (Å²) in [6, 6.07) is 9.10. The second kappa shape index (κ2) is 8.13. The molecule has 1 fully saturated rings. The summed E-state index contributed by atoms with van der Waals surface area (Å²) in [6.45, 7) is 2.30. The number of rotatable bonds is 8. The summed E-state index contributed by atoms with van der Waals surface area (Å²) in [4.78, 5) is 2.51. The van der Waals surface area contributed by atoms with E-state index in [1.807, 2.05) is 12.1 Å². The first-order valence-electron chi connectivity index (χ1n) is 7.56. The lowest BCUT2D eigenvalue weighted by Gasteiger charge is -2.38. The molecule has 3 N–H and O–H groups in total. The van der Waals surface area contributed by atoms with E-state index in [0.29, 0.717) is 0 Å². The smallest absolute Gasteiger partial charge is 0.0443 e. The number of aliphatic hydroxyl groups excluding tert-OH is 1. The maximum atomic E-state index is 9.01. The van der Waals surface area contributed by atoms with Gasteiger partial charge in [0.05, 0.1) is 0 Å². The second-order valence-corrected chi connectivity index (χ2v) is 6.56. The molecule has 0 saturated heterocycles. The number of benzene rings is 1. The van der Waals surface area contributed by atoms with Crippen molar-refractivity contribution in [3.05, 3.63) is 34.3 Å². The minimum absolute atomic E-state index is 0.0970. The van der Waals surface area contributed by atoms with E-state index in [1.54, 1.807) is 0 Å². The Morgan fingerprint density at radius 1 is 1.25 bits per heavy atom. The lowest BCUT2D eigenvalue weighted by atomic mass is 9.91. The first-order valence-corrected chi connectivity index (χ1v) is 8.36. The summed E-state index contributed by atoms with van der Waals surface area (Å²) < 4.78 is 1.09. The minimum Gasteiger partial charge on any atom is -0.396 e. The van der Waals surface area contributed by atoms with Crippen LogP contribution in [0.4, 0.5) is 0 Å². The molecule has 1 aromatic rings. The summed E-state index contributed by atoms with van der Waals surface area (Å²) >= 11 is 3.45. The predicted molar refractivity (Wildman–Crippen MR) is 86.6 cm³/mol. The van der Waals surface area contributed by atoms with Crippen molar-refractivity contribution in [2.75, 3.05) is 19.7 Å². The summed E-state index contributed by atoms with van der Waals surface area (Å²) in [5, 5.41) is 9.01. The molecule has 20 heavy (non-hydrogen) atoms. The average Bonchev–Trinajstić information content (AvgIpc) is 2.40. The van der Waals surface area contributed by atoms with Crippen LogP contribution >= 0.6 is 15.9 Å². The Morgan fingerprint density at radius 2 is 1.95 bits per heavy atom. The molecule has 1 atom stereocenters. The molecule has 1 aromatic carbocycles. The van der Waals surface area contributed by atoms with E-state index in [4.69, 9.17) is 10.8 Å². The number of aliphatic hydroxyl groups is 1. The zero-order valence-corrected chi connectivity index (χ0v) is 13.6. The van der Waals surface area contributed by atoms with Crippen molar-refractivity contribution in [3.8, 4) is 0 Å². The molecule has 0 aromatic heterocycles. The maximum absolute atomic E-state index is 9.01. The van der Waals surface area contributed by atoms with Gasteiger partial charge in [-0.2, -0.15) is 0 Å². The van der Waals surface area contributed by atoms with Gasteiger partial charge in [0.25, 0.3) is 0 Å². The van der Waals surface area contributed by atoms with Gasteiger partial charge in [0.15, 0.2) is 0 Å². The normalized spacial score (nSPS) is 17.2. The molecule has 0 amide bonds. The van der Waals surface area contributed by atoms with E-state index in [0.717, 1.165) is 36.4 Å². The Bertz CT molecular complexity index is 392. The molecule has 1 saturated carbocycles. The predicted octanol–water partition coefficient (Wildman–Crippen LogP) is 3.08. The van der Waals surface area contributed by atoms with Crippen LogP contribution in [-0.4, -0.2) is 35.7 Å². The molecule has 3 nitrogen and oxygen atoms in total. The van der Waals surface area contributed by atoms with Gasteiger partial charge in [-0.1, -0.05) is 34.5 Å². The topological polar surface area (TPSA) is 49.5 Å². The molecule has 0 aliphatic heterocycles. The minimum atomic E-state index is 0.0970. The van der Waals surface area contributed by atoms with E-state index in [1.165, 1.54) is 24.8 Å². The molecule has 4 heteroatoms. The Kier molecular flexibility index (Phi) is 6.49. The van der Waals surface area contributed by atoms with Gasteiger partial charge in [-0.15, -0.1) is 0 Å². The monoisotopic (exact) mass is 340 g/mol. The molecule has 1 aliphatic carbocycles. The lowest BCUT2D eigenvalue weighted by molar-refractivity contribution is 0.113. The van der Waals surface area contributed by atoms with Crippen LogP contribution in [0, 0.1) is 0 Å². The Balaban J connectivity index is 1.82. The molecule has 0 spiro atoms. The quantitative estimate of drug-likeness (QED) is 0.764. The fraction of sp³-hybridized carbons (Fsp3) is 0.625. The highest BCUT2D eigenvalue weighted by Gasteiger charge is 2.24. The van der Waals surface area contributed by atoms with Crippen LogP contribution in [-0.2, 0) is 0 Å². The third-order valence-electron chi connectivity index (χ3n) is 4.22. The van der Waals surface area contributed by atoms with E-state index >= 15 is 0 Å². The zero-order valence-electron chi connectivity index (χ0n) is 12.0. The van der Waals surface area contributed by atoms with E-state index < -0.39 is 0 Å². The first kappa shape index (κ1) is 16.0. The highest BCUT2D eigenvalue weighted by atomic mass is 79.9. The molecule has 1 aliphatic rings. The van der Waals surface area contributed by atoms with Gasteiger partial charge >= 0.3 is 0 Å². The van der Waals surface area contributed by atoms with Crippen LogP contribution in [0.2, 0.25) is 0 Å². The van der Waals surface area contributed by atoms with Crippen molar-refractivity contribution >= 4 is 15.9 Å². The van der Waals surface area contributed by atoms with Crippen LogP contribution in [0.3, 0.4) is 0 Å². The van der Waals surface area contributed by atoms with Crippen molar-refractivity contribution in [3.63, 3.8) is 0 Å². The van der Waals surface area contributed by atoms with Crippen molar-refractivity contribution in [2.24, 2.45) is 5.73 Å². The molecule has 112 valence electrons. The maximum Gasteiger partial charge on any atom is 0.0443 e. The molecular formula is C16H25BrN2O. The summed E-state index contributed by atoms with van der Waals surface area (Å²) in [7, 11) is 0. The van der Waals surface area contributed by atoms with E-state index in [2.05, 4.69) is 33.0 Å². The standard InChI is InChI=1S/C16H25BrN2O/c17-14-7-5-13(6-8-14)16(18)9-11-19(10-2-12-20)15-3-1-4-15/h5-8,15-16,20H,1-4,9-12,18H2. The highest BCUT2D eigenvalue weighted by molar-refractivity contribution is 9.10. The van der Waals surface area contributed by atoms with Crippen molar-refractivity contribution < 1.29 is 5.11 Å². The van der Waals surface area contributed by atoms with Crippen molar-refractivity contribution in [1.82, 2.24) is 4.90 Å². The molecule has 0 bridgehead atoms. The lowest BCUT2D eigenvalue weighted by Crippen LogP contribution is -2.42. The Hall–Kier alpha value is -0.420. The van der Waals surface area contributed by atoms with Gasteiger partial charge in [-0.25, -0.2) is 0 Å². The van der Waals surface area contributed by atoms with Gasteiger partial charge in [-0.3, -0.25) is 0 Å². The fourth-order valence-corrected chi connectivity index (χ4v) is 2.95. The van der Waals surface area contributed by atoms with Gasteiger partial charge in [0, 0.05) is 36.3 Å². The Morgan fingerprint density at radius 3 is 2.50 bits per heavy atom. The van der Waals surface area contributed by atoms with Crippen LogP contribution in [0.25, 0.3) is 0 Å². The summed E-state index contributed by atoms with van der Waals surface area (Å²) in [6.07, 6.45) is 5.80. The average molecular weight is 341 g/mol.